The van der Waals surface area contributed by atoms with Crippen LogP contribution in [0.25, 0.3) is 10.9 Å². The van der Waals surface area contributed by atoms with E-state index in [-0.39, 0.29) is 0 Å². The van der Waals surface area contributed by atoms with Gasteiger partial charge in [-0.1, -0.05) is 17.7 Å². The highest BCUT2D eigenvalue weighted by Crippen LogP contribution is 2.36. The second kappa shape index (κ2) is 3.76. The molecule has 1 aliphatic carbocycles. The number of fused-ring (bicyclic) bond motifs is 3. The van der Waals surface area contributed by atoms with Crippen LogP contribution in [-0.2, 0) is 19.9 Å². The molecule has 0 amide bonds. The molecule has 0 bridgehead atoms. The van der Waals surface area contributed by atoms with Crippen LogP contribution in [0.3, 0.4) is 0 Å². The van der Waals surface area contributed by atoms with E-state index >= 15 is 0 Å². The van der Waals surface area contributed by atoms with Crippen LogP contribution in [0.2, 0.25) is 5.02 Å². The minimum absolute atomic E-state index is 0.589. The molecule has 2 nitrogen and oxygen atoms in total. The summed E-state index contributed by atoms with van der Waals surface area (Å²) in [6, 6.07) is 4.78. The molecule has 90 valence electrons. The van der Waals surface area contributed by atoms with Crippen LogP contribution in [0.5, 0.6) is 0 Å². The van der Waals surface area contributed by atoms with Crippen molar-refractivity contribution in [3.05, 3.63) is 34.0 Å². The smallest absolute Gasteiger partial charge is 0.0527 e. The Morgan fingerprint density at radius 1 is 1.35 bits per heavy atom. The third kappa shape index (κ3) is 1.44. The summed E-state index contributed by atoms with van der Waals surface area (Å²) in [7, 11) is 4.20. The van der Waals surface area contributed by atoms with E-state index in [1.807, 2.05) is 13.1 Å². The lowest BCUT2D eigenvalue weighted by Gasteiger charge is -2.10. The van der Waals surface area contributed by atoms with E-state index in [0.717, 1.165) is 17.9 Å². The van der Waals surface area contributed by atoms with Gasteiger partial charge in [-0.2, -0.15) is 0 Å². The molecular formula is C14H17ClN2. The van der Waals surface area contributed by atoms with Gasteiger partial charge in [0.1, 0.15) is 0 Å². The average Bonchev–Trinajstić information content (AvgIpc) is 2.84. The van der Waals surface area contributed by atoms with Crippen LogP contribution in [-0.4, -0.2) is 17.7 Å². The highest BCUT2D eigenvalue weighted by molar-refractivity contribution is 6.32. The SMILES string of the molecule is CNC1Cc2c(n(C)c3c(C)c(Cl)ccc23)C1. The molecule has 2 aromatic rings. The molecule has 0 radical (unpaired) electrons. The molecule has 3 heteroatoms. The van der Waals surface area contributed by atoms with Crippen molar-refractivity contribution in [3.63, 3.8) is 0 Å². The molecule has 3 rings (SSSR count). The van der Waals surface area contributed by atoms with Gasteiger partial charge in [0.15, 0.2) is 0 Å². The van der Waals surface area contributed by atoms with E-state index in [1.54, 1.807) is 0 Å². The van der Waals surface area contributed by atoms with Crippen molar-refractivity contribution in [2.45, 2.75) is 25.8 Å². The van der Waals surface area contributed by atoms with E-state index in [9.17, 15) is 0 Å². The number of hydrogen-bond donors (Lipinski definition) is 1. The Labute approximate surface area is 107 Å². The Kier molecular flexibility index (Phi) is 2.46. The Morgan fingerprint density at radius 3 is 2.82 bits per heavy atom. The van der Waals surface area contributed by atoms with Gasteiger partial charge in [-0.05, 0) is 37.6 Å². The molecule has 1 unspecified atom stereocenters. The fourth-order valence-corrected chi connectivity index (χ4v) is 3.24. The lowest BCUT2D eigenvalue weighted by molar-refractivity contribution is 0.585. The van der Waals surface area contributed by atoms with E-state index in [0.29, 0.717) is 6.04 Å². The standard InChI is InChI=1S/C14H17ClN2/c1-8-12(15)5-4-10-11-6-9(16-2)7-13(11)17(3)14(8)10/h4-5,9,16H,6-7H2,1-3H3. The van der Waals surface area contributed by atoms with Crippen LogP contribution >= 0.6 is 11.6 Å². The molecule has 17 heavy (non-hydrogen) atoms. The third-order valence-electron chi connectivity index (χ3n) is 4.08. The summed E-state index contributed by atoms with van der Waals surface area (Å²) in [5.74, 6) is 0. The number of hydrogen-bond acceptors (Lipinski definition) is 1. The second-order valence-electron chi connectivity index (χ2n) is 4.95. The molecule has 1 aliphatic rings. The van der Waals surface area contributed by atoms with E-state index < -0.39 is 0 Å². The minimum Gasteiger partial charge on any atom is -0.347 e. The maximum atomic E-state index is 6.21. The lowest BCUT2D eigenvalue weighted by Crippen LogP contribution is -2.25. The molecule has 1 aromatic heterocycles. The molecular weight excluding hydrogens is 232 g/mol. The summed E-state index contributed by atoms with van der Waals surface area (Å²) in [4.78, 5) is 0. The predicted octanol–water partition coefficient (Wildman–Crippen LogP) is 2.83. The van der Waals surface area contributed by atoms with E-state index in [1.165, 1.54) is 27.7 Å². The first-order valence-electron chi connectivity index (χ1n) is 6.06. The number of nitrogens with one attached hydrogen (secondary N) is 1. The van der Waals surface area contributed by atoms with Gasteiger partial charge < -0.3 is 9.88 Å². The molecule has 1 heterocycles. The Hall–Kier alpha value is -0.990. The first kappa shape index (κ1) is 11.1. The Balaban J connectivity index is 2.29. The molecule has 0 fully saturated rings. The third-order valence-corrected chi connectivity index (χ3v) is 4.49. The van der Waals surface area contributed by atoms with Gasteiger partial charge in [0.2, 0.25) is 0 Å². The predicted molar refractivity (Wildman–Crippen MR) is 72.9 cm³/mol. The van der Waals surface area contributed by atoms with Gasteiger partial charge in [-0.15, -0.1) is 0 Å². The topological polar surface area (TPSA) is 17.0 Å². The highest BCUT2D eigenvalue weighted by Gasteiger charge is 2.27. The second-order valence-corrected chi connectivity index (χ2v) is 5.35. The van der Waals surface area contributed by atoms with Crippen molar-refractivity contribution < 1.29 is 0 Å². The summed E-state index contributed by atoms with van der Waals surface area (Å²) in [5, 5.41) is 5.62. The van der Waals surface area contributed by atoms with Gasteiger partial charge in [-0.25, -0.2) is 0 Å². The van der Waals surface area contributed by atoms with Crippen LogP contribution in [0.4, 0.5) is 0 Å². The summed E-state index contributed by atoms with van der Waals surface area (Å²) in [5.41, 5.74) is 5.46. The van der Waals surface area contributed by atoms with Gasteiger partial charge in [0.25, 0.3) is 0 Å². The summed E-state index contributed by atoms with van der Waals surface area (Å²) >= 11 is 6.21. The van der Waals surface area contributed by atoms with Crippen molar-refractivity contribution in [1.29, 1.82) is 0 Å². The summed E-state index contributed by atoms with van der Waals surface area (Å²) in [6.45, 7) is 2.11. The zero-order valence-corrected chi connectivity index (χ0v) is 11.2. The number of halogens is 1. The zero-order valence-electron chi connectivity index (χ0n) is 10.5. The maximum Gasteiger partial charge on any atom is 0.0527 e. The van der Waals surface area contributed by atoms with Gasteiger partial charge in [-0.3, -0.25) is 0 Å². The molecule has 0 saturated heterocycles. The number of benzene rings is 1. The lowest BCUT2D eigenvalue weighted by atomic mass is 10.1. The normalized spacial score (nSPS) is 18.9. The quantitative estimate of drug-likeness (QED) is 0.821. The first-order chi connectivity index (χ1) is 8.13. The summed E-state index contributed by atoms with van der Waals surface area (Å²) in [6.07, 6.45) is 2.25. The van der Waals surface area contributed by atoms with Crippen molar-refractivity contribution >= 4 is 22.5 Å². The van der Waals surface area contributed by atoms with Gasteiger partial charge in [0, 0.05) is 35.6 Å². The fraction of sp³-hybridized carbons (Fsp3) is 0.429. The van der Waals surface area contributed by atoms with Crippen molar-refractivity contribution in [2.24, 2.45) is 7.05 Å². The monoisotopic (exact) mass is 248 g/mol. The van der Waals surface area contributed by atoms with Crippen LogP contribution in [0.15, 0.2) is 12.1 Å². The van der Waals surface area contributed by atoms with Gasteiger partial charge >= 0.3 is 0 Å². The van der Waals surface area contributed by atoms with Crippen LogP contribution in [0, 0.1) is 6.92 Å². The maximum absolute atomic E-state index is 6.21. The molecule has 0 saturated carbocycles. The van der Waals surface area contributed by atoms with Gasteiger partial charge in [0.05, 0.1) is 5.52 Å². The Morgan fingerprint density at radius 2 is 2.12 bits per heavy atom. The van der Waals surface area contributed by atoms with E-state index in [2.05, 4.69) is 29.9 Å². The largest absolute Gasteiger partial charge is 0.347 e. The average molecular weight is 249 g/mol. The number of aromatic nitrogens is 1. The highest BCUT2D eigenvalue weighted by atomic mass is 35.5. The summed E-state index contributed by atoms with van der Waals surface area (Å²) < 4.78 is 2.32. The number of rotatable bonds is 1. The van der Waals surface area contributed by atoms with Crippen LogP contribution < -0.4 is 5.32 Å². The fourth-order valence-electron chi connectivity index (χ4n) is 3.09. The Bertz CT molecular complexity index is 598. The number of nitrogens with zero attached hydrogens (tertiary/aromatic N) is 1. The van der Waals surface area contributed by atoms with Crippen LogP contribution in [0.1, 0.15) is 16.8 Å². The minimum atomic E-state index is 0.589. The molecule has 0 aliphatic heterocycles. The number of likely N-dealkylation sites (N-methyl/N-ethyl adjacent to an activating group) is 1. The van der Waals surface area contributed by atoms with Crippen molar-refractivity contribution in [2.75, 3.05) is 7.05 Å². The van der Waals surface area contributed by atoms with Crippen molar-refractivity contribution in [3.8, 4) is 0 Å². The molecule has 1 N–H and O–H groups in total. The molecule has 1 aromatic carbocycles. The van der Waals surface area contributed by atoms with E-state index in [4.69, 9.17) is 11.6 Å². The molecule has 0 spiro atoms. The molecule has 1 atom stereocenters. The number of aryl methyl sites for hydroxylation is 2. The zero-order chi connectivity index (χ0) is 12.2. The van der Waals surface area contributed by atoms with Crippen molar-refractivity contribution in [1.82, 2.24) is 9.88 Å². The first-order valence-corrected chi connectivity index (χ1v) is 6.43.